The third-order valence-electron chi connectivity index (χ3n) is 7.08. The Morgan fingerprint density at radius 3 is 2.38 bits per heavy atom. The second-order valence-electron chi connectivity index (χ2n) is 9.97. The van der Waals surface area contributed by atoms with E-state index in [9.17, 15) is 4.79 Å². The molecule has 0 saturated heterocycles. The van der Waals surface area contributed by atoms with Crippen LogP contribution >= 0.6 is 22.6 Å². The molecule has 0 fully saturated rings. The third-order valence-corrected chi connectivity index (χ3v) is 7.92. The smallest absolute Gasteiger partial charge is 0.271 e. The Bertz CT molecular complexity index is 1890. The van der Waals surface area contributed by atoms with Gasteiger partial charge in [0.2, 0.25) is 0 Å². The van der Waals surface area contributed by atoms with Gasteiger partial charge in [-0.3, -0.25) is 4.79 Å². The number of amides is 1. The van der Waals surface area contributed by atoms with Crippen molar-refractivity contribution in [3.05, 3.63) is 153 Å². The molecule has 0 spiro atoms. The molecule has 0 atom stereocenters. The zero-order valence-corrected chi connectivity index (χ0v) is 25.2. The van der Waals surface area contributed by atoms with Gasteiger partial charge in [0.15, 0.2) is 0 Å². The summed E-state index contributed by atoms with van der Waals surface area (Å²) in [6.45, 7) is 2.56. The second kappa shape index (κ2) is 12.4. The topological polar surface area (TPSA) is 55.6 Å². The highest BCUT2D eigenvalue weighted by molar-refractivity contribution is 14.1. The molecule has 5 nitrogen and oxygen atoms in total. The van der Waals surface area contributed by atoms with Crippen LogP contribution in [0.25, 0.3) is 27.7 Å². The molecule has 0 radical (unpaired) electrons. The third kappa shape index (κ3) is 6.14. The van der Waals surface area contributed by atoms with Gasteiger partial charge in [0.05, 0.1) is 15.5 Å². The number of aromatic nitrogens is 1. The van der Waals surface area contributed by atoms with Crippen LogP contribution in [-0.4, -0.2) is 16.7 Å². The van der Waals surface area contributed by atoms with Crippen molar-refractivity contribution in [2.24, 2.45) is 5.10 Å². The van der Waals surface area contributed by atoms with Gasteiger partial charge in [-0.05, 0) is 118 Å². The Balaban J connectivity index is 1.07. The Labute approximate surface area is 258 Å². The maximum atomic E-state index is 12.8. The summed E-state index contributed by atoms with van der Waals surface area (Å²) in [5.41, 5.74) is 9.51. The lowest BCUT2D eigenvalue weighted by atomic mass is 10.1. The maximum absolute atomic E-state index is 12.8. The van der Waals surface area contributed by atoms with Crippen LogP contribution in [0, 0.1) is 10.5 Å². The van der Waals surface area contributed by atoms with Crippen molar-refractivity contribution < 1.29 is 9.53 Å². The van der Waals surface area contributed by atoms with Gasteiger partial charge in [-0.25, -0.2) is 5.43 Å². The molecular formula is C36H28IN3O2. The fourth-order valence-corrected chi connectivity index (χ4v) is 5.61. The number of aryl methyl sites for hydroxylation is 1. The van der Waals surface area contributed by atoms with Crippen LogP contribution in [0.2, 0.25) is 0 Å². The predicted molar refractivity (Wildman–Crippen MR) is 178 cm³/mol. The molecule has 6 heteroatoms. The number of hydrogen-bond donors (Lipinski definition) is 1. The summed E-state index contributed by atoms with van der Waals surface area (Å²) in [6.07, 6.45) is 1.64. The number of fused-ring (bicyclic) bond motifs is 1. The first-order chi connectivity index (χ1) is 20.5. The molecule has 42 heavy (non-hydrogen) atoms. The number of hydrogen-bond acceptors (Lipinski definition) is 3. The number of hydrazone groups is 1. The van der Waals surface area contributed by atoms with Crippen LogP contribution in [0.3, 0.4) is 0 Å². The summed E-state index contributed by atoms with van der Waals surface area (Å²) >= 11 is 2.26. The number of carbonyl (C=O) groups is 1. The Morgan fingerprint density at radius 2 is 1.60 bits per heavy atom. The number of carbonyl (C=O) groups excluding carboxylic acids is 1. The molecule has 206 valence electrons. The van der Waals surface area contributed by atoms with Gasteiger partial charge in [-0.1, -0.05) is 66.7 Å². The quantitative estimate of drug-likeness (QED) is 0.101. The van der Waals surface area contributed by atoms with Crippen LogP contribution < -0.4 is 10.2 Å². The molecule has 0 bridgehead atoms. The summed E-state index contributed by atoms with van der Waals surface area (Å²) in [4.78, 5) is 12.8. The van der Waals surface area contributed by atoms with Crippen LogP contribution in [-0.2, 0) is 6.61 Å². The zero-order valence-electron chi connectivity index (χ0n) is 23.0. The number of nitrogens with one attached hydrogen (secondary N) is 1. The lowest BCUT2D eigenvalue weighted by Crippen LogP contribution is -2.17. The van der Waals surface area contributed by atoms with E-state index in [4.69, 9.17) is 4.74 Å². The molecule has 1 N–H and O–H groups in total. The molecular weight excluding hydrogens is 633 g/mol. The SMILES string of the molecule is Cc1ccc(-c2ccccc2)n1-c1ccc(C(=O)N/N=C/c2ccc(OCc3ccc4ccccc4c3)c(I)c2)cc1. The number of ether oxygens (including phenoxy) is 1. The minimum Gasteiger partial charge on any atom is -0.488 e. The van der Waals surface area contributed by atoms with Crippen molar-refractivity contribution in [3.63, 3.8) is 0 Å². The molecule has 1 aromatic heterocycles. The molecule has 0 aliphatic rings. The molecule has 6 rings (SSSR count). The van der Waals surface area contributed by atoms with Crippen molar-refractivity contribution in [1.29, 1.82) is 0 Å². The summed E-state index contributed by atoms with van der Waals surface area (Å²) in [6, 6.07) is 42.5. The summed E-state index contributed by atoms with van der Waals surface area (Å²) in [5.74, 6) is 0.536. The van der Waals surface area contributed by atoms with Crippen LogP contribution in [0.4, 0.5) is 0 Å². The highest BCUT2D eigenvalue weighted by Crippen LogP contribution is 2.27. The van der Waals surface area contributed by atoms with Gasteiger partial charge < -0.3 is 9.30 Å². The average Bonchev–Trinajstić information content (AvgIpc) is 3.42. The second-order valence-corrected chi connectivity index (χ2v) is 11.1. The molecule has 0 saturated carbocycles. The van der Waals surface area contributed by atoms with Crippen molar-refractivity contribution in [2.75, 3.05) is 0 Å². The van der Waals surface area contributed by atoms with Gasteiger partial charge >= 0.3 is 0 Å². The van der Waals surface area contributed by atoms with Crippen LogP contribution in [0.1, 0.15) is 27.2 Å². The Hall–Kier alpha value is -4.69. The van der Waals surface area contributed by atoms with Crippen molar-refractivity contribution in [2.45, 2.75) is 13.5 Å². The van der Waals surface area contributed by atoms with Gasteiger partial charge in [-0.2, -0.15) is 5.10 Å². The van der Waals surface area contributed by atoms with Gasteiger partial charge in [-0.15, -0.1) is 0 Å². The minimum absolute atomic E-state index is 0.268. The molecule has 1 heterocycles. The van der Waals surface area contributed by atoms with Crippen molar-refractivity contribution in [3.8, 4) is 22.7 Å². The first-order valence-corrected chi connectivity index (χ1v) is 14.7. The molecule has 0 aliphatic heterocycles. The molecule has 0 unspecified atom stereocenters. The molecule has 0 aliphatic carbocycles. The van der Waals surface area contributed by atoms with E-state index < -0.39 is 0 Å². The minimum atomic E-state index is -0.268. The van der Waals surface area contributed by atoms with Crippen molar-refractivity contribution in [1.82, 2.24) is 9.99 Å². The van der Waals surface area contributed by atoms with Gasteiger partial charge in [0.25, 0.3) is 5.91 Å². The van der Waals surface area contributed by atoms with Crippen LogP contribution in [0.15, 0.2) is 132 Å². The number of rotatable bonds is 8. The van der Waals surface area contributed by atoms with Gasteiger partial charge in [0, 0.05) is 16.9 Å². The fraction of sp³-hybridized carbons (Fsp3) is 0.0556. The van der Waals surface area contributed by atoms with Gasteiger partial charge in [0.1, 0.15) is 12.4 Å². The number of nitrogens with zero attached hydrogens (tertiary/aromatic N) is 2. The van der Waals surface area contributed by atoms with Crippen LogP contribution in [0.5, 0.6) is 5.75 Å². The summed E-state index contributed by atoms with van der Waals surface area (Å²) in [7, 11) is 0. The number of halogens is 1. The molecule has 6 aromatic rings. The van der Waals surface area contributed by atoms with E-state index in [-0.39, 0.29) is 5.91 Å². The normalized spacial score (nSPS) is 11.2. The first-order valence-electron chi connectivity index (χ1n) is 13.6. The van der Waals surface area contributed by atoms with E-state index in [1.54, 1.807) is 6.21 Å². The summed E-state index contributed by atoms with van der Waals surface area (Å²) < 4.78 is 9.23. The maximum Gasteiger partial charge on any atom is 0.271 e. The van der Waals surface area contributed by atoms with Crippen molar-refractivity contribution >= 4 is 45.5 Å². The molecule has 1 amide bonds. The van der Waals surface area contributed by atoms with E-state index >= 15 is 0 Å². The van der Waals surface area contributed by atoms with E-state index in [1.807, 2.05) is 72.8 Å². The van der Waals surface area contributed by atoms with E-state index in [0.717, 1.165) is 43.1 Å². The number of benzene rings is 5. The molecule has 5 aromatic carbocycles. The monoisotopic (exact) mass is 661 g/mol. The lowest BCUT2D eigenvalue weighted by Gasteiger charge is -2.12. The Morgan fingerprint density at radius 1 is 0.833 bits per heavy atom. The zero-order chi connectivity index (χ0) is 28.9. The summed E-state index contributed by atoms with van der Waals surface area (Å²) in [5, 5.41) is 6.59. The van der Waals surface area contributed by atoms with E-state index in [2.05, 4.69) is 99.2 Å². The average molecular weight is 662 g/mol. The highest BCUT2D eigenvalue weighted by atomic mass is 127. The standard InChI is InChI=1S/C36H28IN3O2/c1-25-11-19-34(29-8-3-2-4-9-29)40(25)32-17-15-30(16-18-32)36(41)39-38-23-26-13-20-35(33(37)22-26)42-24-27-12-14-28-7-5-6-10-31(28)21-27/h2-23H,24H2,1H3,(H,39,41)/b38-23+. The first kappa shape index (κ1) is 27.5. The fourth-order valence-electron chi connectivity index (χ4n) is 4.91. The van der Waals surface area contributed by atoms with E-state index in [0.29, 0.717) is 12.2 Å². The van der Waals surface area contributed by atoms with E-state index in [1.165, 1.54) is 10.8 Å². The largest absolute Gasteiger partial charge is 0.488 e. The lowest BCUT2D eigenvalue weighted by molar-refractivity contribution is 0.0955. The Kier molecular flexibility index (Phi) is 8.14. The highest BCUT2D eigenvalue weighted by Gasteiger charge is 2.11. The predicted octanol–water partition coefficient (Wildman–Crippen LogP) is 8.55.